The van der Waals surface area contributed by atoms with Gasteiger partial charge in [0.15, 0.2) is 0 Å². The largest absolute Gasteiger partial charge is 0.497 e. The Labute approximate surface area is 125 Å². The van der Waals surface area contributed by atoms with Gasteiger partial charge in [0.2, 0.25) is 0 Å². The number of benzene rings is 2. The van der Waals surface area contributed by atoms with Crippen LogP contribution in [0.1, 0.15) is 0 Å². The lowest BCUT2D eigenvalue weighted by atomic mass is 10.2. The fourth-order valence-electron chi connectivity index (χ4n) is 2.36. The van der Waals surface area contributed by atoms with Crippen molar-refractivity contribution in [1.29, 1.82) is 0 Å². The van der Waals surface area contributed by atoms with Crippen molar-refractivity contribution in [3.05, 3.63) is 63.3 Å². The summed E-state index contributed by atoms with van der Waals surface area (Å²) in [5.41, 5.74) is -0.115. The SMILES string of the molecule is COc1ccc2c(=O)n(-c3ccccc3OC)c(=O)[nH]c2c1. The van der Waals surface area contributed by atoms with Crippen LogP contribution in [0.25, 0.3) is 16.6 Å². The van der Waals surface area contributed by atoms with Gasteiger partial charge in [0.05, 0.1) is 30.8 Å². The molecule has 1 N–H and O–H groups in total. The average molecular weight is 298 g/mol. The standard InChI is InChI=1S/C16H14N2O4/c1-21-10-7-8-11-12(9-10)17-16(20)18(15(11)19)13-5-3-4-6-14(13)22-2/h3-9H,1-2H3,(H,17,20). The minimum Gasteiger partial charge on any atom is -0.497 e. The normalized spacial score (nSPS) is 10.6. The zero-order valence-electron chi connectivity index (χ0n) is 12.1. The highest BCUT2D eigenvalue weighted by Gasteiger charge is 2.13. The summed E-state index contributed by atoms with van der Waals surface area (Å²) in [7, 11) is 3.01. The average Bonchev–Trinajstić information content (AvgIpc) is 2.54. The van der Waals surface area contributed by atoms with Crippen LogP contribution in [0.5, 0.6) is 11.5 Å². The van der Waals surface area contributed by atoms with Gasteiger partial charge in [-0.15, -0.1) is 0 Å². The highest BCUT2D eigenvalue weighted by Crippen LogP contribution is 2.20. The summed E-state index contributed by atoms with van der Waals surface area (Å²) in [5.74, 6) is 1.01. The number of H-pyrrole nitrogens is 1. The topological polar surface area (TPSA) is 73.3 Å². The zero-order chi connectivity index (χ0) is 15.7. The minimum atomic E-state index is -0.532. The van der Waals surface area contributed by atoms with Gasteiger partial charge >= 0.3 is 5.69 Å². The number of hydrogen-bond acceptors (Lipinski definition) is 4. The molecule has 6 heteroatoms. The third-order valence-corrected chi connectivity index (χ3v) is 3.43. The van der Waals surface area contributed by atoms with Crippen LogP contribution in [0.15, 0.2) is 52.1 Å². The summed E-state index contributed by atoms with van der Waals surface area (Å²) in [6, 6.07) is 11.8. The summed E-state index contributed by atoms with van der Waals surface area (Å²) in [6.07, 6.45) is 0. The summed E-state index contributed by atoms with van der Waals surface area (Å²) in [6.45, 7) is 0. The van der Waals surface area contributed by atoms with Crippen LogP contribution in [-0.2, 0) is 0 Å². The number of aromatic nitrogens is 2. The van der Waals surface area contributed by atoms with Crippen LogP contribution in [0.3, 0.4) is 0 Å². The zero-order valence-corrected chi connectivity index (χ0v) is 12.1. The van der Waals surface area contributed by atoms with Crippen molar-refractivity contribution >= 4 is 10.9 Å². The summed E-state index contributed by atoms with van der Waals surface area (Å²) in [4.78, 5) is 27.7. The molecule has 2 aromatic carbocycles. The molecular weight excluding hydrogens is 284 g/mol. The van der Waals surface area contributed by atoms with Crippen LogP contribution in [0, 0.1) is 0 Å². The van der Waals surface area contributed by atoms with Crippen molar-refractivity contribution < 1.29 is 9.47 Å². The fourth-order valence-corrected chi connectivity index (χ4v) is 2.36. The maximum atomic E-state index is 12.7. The molecule has 0 spiro atoms. The molecule has 0 saturated heterocycles. The monoisotopic (exact) mass is 298 g/mol. The molecule has 0 saturated carbocycles. The van der Waals surface area contributed by atoms with Crippen LogP contribution < -0.4 is 20.7 Å². The molecule has 112 valence electrons. The molecule has 0 aliphatic heterocycles. The molecule has 3 aromatic rings. The summed E-state index contributed by atoms with van der Waals surface area (Å²) in [5, 5.41) is 0.395. The van der Waals surface area contributed by atoms with Crippen molar-refractivity contribution in [2.45, 2.75) is 0 Å². The van der Waals surface area contributed by atoms with Gasteiger partial charge in [0, 0.05) is 6.07 Å². The number of fused-ring (bicyclic) bond motifs is 1. The van der Waals surface area contributed by atoms with Gasteiger partial charge in [-0.05, 0) is 24.3 Å². The number of ether oxygens (including phenoxy) is 2. The molecule has 0 amide bonds. The lowest BCUT2D eigenvalue weighted by Crippen LogP contribution is -2.33. The number of nitrogens with zero attached hydrogens (tertiary/aromatic N) is 1. The first-order valence-electron chi connectivity index (χ1n) is 6.62. The first-order chi connectivity index (χ1) is 10.7. The van der Waals surface area contributed by atoms with Gasteiger partial charge in [-0.1, -0.05) is 12.1 Å². The van der Waals surface area contributed by atoms with E-state index in [1.807, 2.05) is 0 Å². The smallest absolute Gasteiger partial charge is 0.333 e. The Morgan fingerprint density at radius 2 is 1.77 bits per heavy atom. The van der Waals surface area contributed by atoms with Gasteiger partial charge in [-0.25, -0.2) is 9.36 Å². The Bertz CT molecular complexity index is 956. The molecule has 0 bridgehead atoms. The molecule has 1 aromatic heterocycles. The predicted molar refractivity (Wildman–Crippen MR) is 83.3 cm³/mol. The number of hydrogen-bond donors (Lipinski definition) is 1. The van der Waals surface area contributed by atoms with Crippen molar-refractivity contribution in [3.8, 4) is 17.2 Å². The van der Waals surface area contributed by atoms with Gasteiger partial charge in [-0.2, -0.15) is 0 Å². The first-order valence-corrected chi connectivity index (χ1v) is 6.62. The van der Waals surface area contributed by atoms with E-state index in [1.165, 1.54) is 14.2 Å². The van der Waals surface area contributed by atoms with Gasteiger partial charge in [-0.3, -0.25) is 4.79 Å². The van der Waals surface area contributed by atoms with Gasteiger partial charge in [0.25, 0.3) is 5.56 Å². The lowest BCUT2D eigenvalue weighted by Gasteiger charge is -2.10. The quantitative estimate of drug-likeness (QED) is 0.798. The number of aromatic amines is 1. The molecule has 0 unspecified atom stereocenters. The van der Waals surface area contributed by atoms with Crippen LogP contribution in [0.2, 0.25) is 0 Å². The second-order valence-electron chi connectivity index (χ2n) is 4.65. The Kier molecular flexibility index (Phi) is 3.42. The van der Waals surface area contributed by atoms with E-state index in [0.717, 1.165) is 4.57 Å². The van der Waals surface area contributed by atoms with Crippen molar-refractivity contribution in [3.63, 3.8) is 0 Å². The number of methoxy groups -OCH3 is 2. The number of para-hydroxylation sites is 2. The Balaban J connectivity index is 2.36. The highest BCUT2D eigenvalue weighted by molar-refractivity contribution is 5.79. The maximum Gasteiger partial charge on any atom is 0.333 e. The van der Waals surface area contributed by atoms with E-state index >= 15 is 0 Å². The van der Waals surface area contributed by atoms with E-state index < -0.39 is 11.2 Å². The minimum absolute atomic E-state index is 0.395. The van der Waals surface area contributed by atoms with Crippen molar-refractivity contribution in [1.82, 2.24) is 9.55 Å². The molecule has 0 fully saturated rings. The van der Waals surface area contributed by atoms with E-state index in [1.54, 1.807) is 42.5 Å². The molecular formula is C16H14N2O4. The molecule has 6 nitrogen and oxygen atoms in total. The van der Waals surface area contributed by atoms with Gasteiger partial charge in [0.1, 0.15) is 11.5 Å². The third-order valence-electron chi connectivity index (χ3n) is 3.43. The van der Waals surface area contributed by atoms with Crippen LogP contribution >= 0.6 is 0 Å². The predicted octanol–water partition coefficient (Wildman–Crippen LogP) is 1.70. The van der Waals surface area contributed by atoms with Crippen molar-refractivity contribution in [2.75, 3.05) is 14.2 Å². The second kappa shape index (κ2) is 5.40. The third kappa shape index (κ3) is 2.14. The molecule has 22 heavy (non-hydrogen) atoms. The van der Waals surface area contributed by atoms with E-state index in [0.29, 0.717) is 28.1 Å². The fraction of sp³-hybridized carbons (Fsp3) is 0.125. The summed E-state index contributed by atoms with van der Waals surface area (Å²) >= 11 is 0. The van der Waals surface area contributed by atoms with E-state index in [2.05, 4.69) is 4.98 Å². The van der Waals surface area contributed by atoms with Gasteiger partial charge < -0.3 is 14.5 Å². The molecule has 0 aliphatic carbocycles. The highest BCUT2D eigenvalue weighted by atomic mass is 16.5. The van der Waals surface area contributed by atoms with E-state index in [9.17, 15) is 9.59 Å². The second-order valence-corrected chi connectivity index (χ2v) is 4.65. The Morgan fingerprint density at radius 1 is 1.00 bits per heavy atom. The Hall–Kier alpha value is -3.02. The van der Waals surface area contributed by atoms with E-state index in [4.69, 9.17) is 9.47 Å². The molecule has 0 atom stereocenters. The number of nitrogens with one attached hydrogen (secondary N) is 1. The lowest BCUT2D eigenvalue weighted by molar-refractivity contribution is 0.412. The molecule has 3 rings (SSSR count). The Morgan fingerprint density at radius 3 is 2.50 bits per heavy atom. The summed E-state index contributed by atoms with van der Waals surface area (Å²) < 4.78 is 11.4. The van der Waals surface area contributed by atoms with E-state index in [-0.39, 0.29) is 0 Å². The molecule has 0 radical (unpaired) electrons. The first kappa shape index (κ1) is 13.9. The molecule has 1 heterocycles. The van der Waals surface area contributed by atoms with Crippen molar-refractivity contribution in [2.24, 2.45) is 0 Å². The molecule has 0 aliphatic rings. The number of rotatable bonds is 3. The maximum absolute atomic E-state index is 12.7. The van der Waals surface area contributed by atoms with Crippen LogP contribution in [-0.4, -0.2) is 23.8 Å². The van der Waals surface area contributed by atoms with Crippen LogP contribution in [0.4, 0.5) is 0 Å².